The van der Waals surface area contributed by atoms with Gasteiger partial charge in [-0.3, -0.25) is 4.79 Å². The lowest BCUT2D eigenvalue weighted by Gasteiger charge is -2.45. The fourth-order valence-electron chi connectivity index (χ4n) is 5.70. The number of methoxy groups -OCH3 is 2. The highest BCUT2D eigenvalue weighted by atomic mass is 16.7. The van der Waals surface area contributed by atoms with Gasteiger partial charge < -0.3 is 78.1 Å². The van der Waals surface area contributed by atoms with Gasteiger partial charge in [-0.05, 0) is 17.7 Å². The van der Waals surface area contributed by atoms with Crippen LogP contribution in [0.2, 0.25) is 0 Å². The van der Waals surface area contributed by atoms with Crippen LogP contribution in [0.1, 0.15) is 0 Å². The van der Waals surface area contributed by atoms with Crippen molar-refractivity contribution in [2.24, 2.45) is 0 Å². The summed E-state index contributed by atoms with van der Waals surface area (Å²) in [5.41, 5.74) is 0.125. The van der Waals surface area contributed by atoms with Crippen molar-refractivity contribution in [3.63, 3.8) is 0 Å². The Balaban J connectivity index is 1.32. The summed E-state index contributed by atoms with van der Waals surface area (Å²) in [6, 6.07) is 6.27. The zero-order valence-corrected chi connectivity index (χ0v) is 25.0. The van der Waals surface area contributed by atoms with Gasteiger partial charge in [0.2, 0.25) is 24.3 Å². The molecule has 6 rings (SSSR count). The van der Waals surface area contributed by atoms with E-state index in [4.69, 9.17) is 42.3 Å². The molecule has 0 unspecified atom stereocenters. The number of rotatable bonds is 9. The number of aliphatic hydroxyl groups is 7. The van der Waals surface area contributed by atoms with E-state index in [0.717, 1.165) is 0 Å². The Morgan fingerprint density at radius 1 is 0.787 bits per heavy atom. The molecule has 2 aromatic carbocycles. The first-order chi connectivity index (χ1) is 22.6. The van der Waals surface area contributed by atoms with E-state index in [9.17, 15) is 40.5 Å². The van der Waals surface area contributed by atoms with Gasteiger partial charge in [0, 0.05) is 6.07 Å². The summed E-state index contributed by atoms with van der Waals surface area (Å²) in [6.45, 7) is -1.46. The molecule has 7 N–H and O–H groups in total. The van der Waals surface area contributed by atoms with Gasteiger partial charge in [-0.25, -0.2) is 0 Å². The van der Waals surface area contributed by atoms with Crippen molar-refractivity contribution < 1.29 is 78.1 Å². The smallest absolute Gasteiger partial charge is 0.231 e. The summed E-state index contributed by atoms with van der Waals surface area (Å²) in [5, 5.41) is 72.2. The van der Waals surface area contributed by atoms with Crippen LogP contribution in [-0.2, 0) is 14.2 Å². The maximum atomic E-state index is 13.8. The van der Waals surface area contributed by atoms with E-state index < -0.39 is 80.1 Å². The molecule has 2 fully saturated rings. The standard InChI is InChI=1S/C30H34O17/c1-39-15-6-16(26(40-2)27-19(15)20(33)12(9-41-27)11-3-4-13-14(5-11)43-10-42-13)44-30-25(38)28(22(35)18(8-32)46-30)47-29-24(37)23(36)21(34)17(7-31)45-29/h3-6,9,17-18,21-25,28-32,34-38H,7-8,10H2,1-2H3/t17-,18-,21-,22-,23+,24-,25-,28+,29+,30-/m1/s1. The first-order valence-electron chi connectivity index (χ1n) is 14.5. The van der Waals surface area contributed by atoms with E-state index in [1.54, 1.807) is 18.2 Å². The lowest BCUT2D eigenvalue weighted by molar-refractivity contribution is -0.352. The molecule has 0 saturated carbocycles. The van der Waals surface area contributed by atoms with Crippen LogP contribution in [0.5, 0.6) is 28.7 Å². The maximum Gasteiger partial charge on any atom is 0.231 e. The Morgan fingerprint density at radius 2 is 1.49 bits per heavy atom. The van der Waals surface area contributed by atoms with E-state index in [2.05, 4.69) is 0 Å². The van der Waals surface area contributed by atoms with Gasteiger partial charge >= 0.3 is 0 Å². The molecule has 0 bridgehead atoms. The zero-order chi connectivity index (χ0) is 33.6. The average molecular weight is 667 g/mol. The molecular weight excluding hydrogens is 632 g/mol. The summed E-state index contributed by atoms with van der Waals surface area (Å²) in [4.78, 5) is 13.8. The normalized spacial score (nSPS) is 31.9. The van der Waals surface area contributed by atoms with Crippen LogP contribution in [-0.4, -0.2) is 131 Å². The lowest BCUT2D eigenvalue weighted by atomic mass is 9.97. The molecule has 0 amide bonds. The zero-order valence-electron chi connectivity index (χ0n) is 25.0. The van der Waals surface area contributed by atoms with Crippen LogP contribution in [0.25, 0.3) is 22.1 Å². The summed E-state index contributed by atoms with van der Waals surface area (Å²) in [5.74, 6) is 0.763. The Kier molecular flexibility index (Phi) is 9.45. The molecule has 17 heteroatoms. The van der Waals surface area contributed by atoms with Gasteiger partial charge in [-0.2, -0.15) is 0 Å². The molecule has 17 nitrogen and oxygen atoms in total. The van der Waals surface area contributed by atoms with Crippen molar-refractivity contribution in [1.29, 1.82) is 0 Å². The van der Waals surface area contributed by atoms with Crippen LogP contribution in [0, 0.1) is 0 Å². The molecule has 3 aliphatic heterocycles. The molecule has 256 valence electrons. The van der Waals surface area contributed by atoms with E-state index in [-0.39, 0.29) is 40.6 Å². The first-order valence-corrected chi connectivity index (χ1v) is 14.5. The molecule has 0 aliphatic carbocycles. The highest BCUT2D eigenvalue weighted by molar-refractivity contribution is 5.93. The summed E-state index contributed by atoms with van der Waals surface area (Å²) in [7, 11) is 2.59. The second kappa shape index (κ2) is 13.4. The second-order valence-corrected chi connectivity index (χ2v) is 11.0. The van der Waals surface area contributed by atoms with Crippen molar-refractivity contribution in [3.05, 3.63) is 40.8 Å². The van der Waals surface area contributed by atoms with Gasteiger partial charge in [-0.1, -0.05) is 6.07 Å². The largest absolute Gasteiger partial charge is 0.496 e. The number of hydrogen-bond donors (Lipinski definition) is 7. The van der Waals surface area contributed by atoms with Gasteiger partial charge in [-0.15, -0.1) is 0 Å². The molecule has 2 saturated heterocycles. The number of benzene rings is 2. The Morgan fingerprint density at radius 3 is 2.19 bits per heavy atom. The monoisotopic (exact) mass is 666 g/mol. The number of hydrogen-bond acceptors (Lipinski definition) is 17. The third-order valence-corrected chi connectivity index (χ3v) is 8.24. The van der Waals surface area contributed by atoms with Crippen LogP contribution in [0.3, 0.4) is 0 Å². The van der Waals surface area contributed by atoms with Crippen molar-refractivity contribution in [1.82, 2.24) is 0 Å². The fraction of sp³-hybridized carbons (Fsp3) is 0.500. The Bertz CT molecular complexity index is 1640. The minimum absolute atomic E-state index is 0.00413. The summed E-state index contributed by atoms with van der Waals surface area (Å²) in [6.07, 6.45) is -15.4. The highest BCUT2D eigenvalue weighted by Gasteiger charge is 2.51. The molecule has 3 aliphatic rings. The van der Waals surface area contributed by atoms with E-state index in [1.165, 1.54) is 26.5 Å². The highest BCUT2D eigenvalue weighted by Crippen LogP contribution is 2.43. The second-order valence-electron chi connectivity index (χ2n) is 11.0. The van der Waals surface area contributed by atoms with Crippen LogP contribution in [0.15, 0.2) is 39.7 Å². The van der Waals surface area contributed by atoms with Crippen LogP contribution < -0.4 is 29.1 Å². The predicted octanol–water partition coefficient (Wildman–Crippen LogP) is -1.79. The first kappa shape index (κ1) is 33.2. The number of ether oxygens (including phenoxy) is 8. The Hall–Kier alpha value is -3.75. The molecule has 0 spiro atoms. The molecule has 47 heavy (non-hydrogen) atoms. The third-order valence-electron chi connectivity index (χ3n) is 8.24. The maximum absolute atomic E-state index is 13.8. The molecular formula is C30H34O17. The predicted molar refractivity (Wildman–Crippen MR) is 154 cm³/mol. The van der Waals surface area contributed by atoms with Crippen molar-refractivity contribution in [2.75, 3.05) is 34.2 Å². The molecule has 10 atom stereocenters. The van der Waals surface area contributed by atoms with E-state index >= 15 is 0 Å². The lowest BCUT2D eigenvalue weighted by Crippen LogP contribution is -2.65. The van der Waals surface area contributed by atoms with Crippen molar-refractivity contribution >= 4 is 11.0 Å². The third kappa shape index (κ3) is 5.84. The van der Waals surface area contributed by atoms with Crippen LogP contribution in [0.4, 0.5) is 0 Å². The summed E-state index contributed by atoms with van der Waals surface area (Å²) < 4.78 is 50.2. The van der Waals surface area contributed by atoms with Crippen molar-refractivity contribution in [3.8, 4) is 39.9 Å². The molecule has 3 aromatic rings. The summed E-state index contributed by atoms with van der Waals surface area (Å²) >= 11 is 0. The van der Waals surface area contributed by atoms with Crippen molar-refractivity contribution in [2.45, 2.75) is 61.4 Å². The molecule has 1 aromatic heterocycles. The SMILES string of the molecule is COc1c(O[C@@H]2O[C@H](CO)[C@@H](O)[C@H](O[C@@H]3O[C@H](CO)[C@@H](O)[C@H](O)[C@H]3O)[C@H]2O)cc(OC)c2c(=O)c(-c3ccc4c(c3)OCO4)coc12. The quantitative estimate of drug-likeness (QED) is 0.133. The number of aliphatic hydroxyl groups excluding tert-OH is 7. The van der Waals surface area contributed by atoms with E-state index in [1.807, 2.05) is 0 Å². The average Bonchev–Trinajstić information content (AvgIpc) is 3.55. The van der Waals surface area contributed by atoms with Gasteiger partial charge in [0.05, 0.1) is 33.0 Å². The number of fused-ring (bicyclic) bond motifs is 2. The van der Waals surface area contributed by atoms with Crippen LogP contribution >= 0.6 is 0 Å². The molecule has 4 heterocycles. The minimum atomic E-state index is -1.85. The van der Waals surface area contributed by atoms with Gasteiger partial charge in [0.1, 0.15) is 66.2 Å². The molecule has 0 radical (unpaired) electrons. The van der Waals surface area contributed by atoms with Gasteiger partial charge in [0.15, 0.2) is 29.1 Å². The van der Waals surface area contributed by atoms with E-state index in [0.29, 0.717) is 17.1 Å². The van der Waals surface area contributed by atoms with Gasteiger partial charge in [0.25, 0.3) is 0 Å². The topological polar surface area (TPSA) is 246 Å². The Labute approximate surface area is 265 Å². The fourth-order valence-corrected chi connectivity index (χ4v) is 5.70. The minimum Gasteiger partial charge on any atom is -0.496 e.